The van der Waals surface area contributed by atoms with E-state index < -0.39 is 0 Å². The maximum atomic E-state index is 13.8. The number of carbonyl (C=O) groups is 1. The molecule has 0 N–H and O–H groups in total. The van der Waals surface area contributed by atoms with Gasteiger partial charge < -0.3 is 9.64 Å². The van der Waals surface area contributed by atoms with Gasteiger partial charge in [0.05, 0.1) is 18.5 Å². The van der Waals surface area contributed by atoms with E-state index in [1.54, 1.807) is 17.0 Å². The topological polar surface area (TPSA) is 29.5 Å². The van der Waals surface area contributed by atoms with Crippen molar-refractivity contribution in [1.82, 2.24) is 4.90 Å². The number of hydrogen-bond donors (Lipinski definition) is 0. The van der Waals surface area contributed by atoms with Crippen LogP contribution in [0, 0.1) is 17.2 Å². The highest BCUT2D eigenvalue weighted by Gasteiger charge is 2.75. The summed E-state index contributed by atoms with van der Waals surface area (Å²) in [5.74, 6) is 1.11. The monoisotopic (exact) mass is 247 g/mol. The van der Waals surface area contributed by atoms with Gasteiger partial charge in [-0.1, -0.05) is 6.07 Å². The molecule has 4 rings (SSSR count). The molecule has 1 aliphatic heterocycles. The van der Waals surface area contributed by atoms with Crippen molar-refractivity contribution in [1.29, 1.82) is 0 Å². The van der Waals surface area contributed by atoms with E-state index in [1.807, 2.05) is 0 Å². The molecule has 3 aliphatic rings. The number of benzene rings is 1. The van der Waals surface area contributed by atoms with Crippen LogP contribution >= 0.6 is 0 Å². The van der Waals surface area contributed by atoms with E-state index in [4.69, 9.17) is 4.74 Å². The Labute approximate surface area is 105 Å². The fourth-order valence-corrected chi connectivity index (χ4v) is 2.90. The minimum absolute atomic E-state index is 0.0459. The largest absolute Gasteiger partial charge is 0.491 e. The van der Waals surface area contributed by atoms with Gasteiger partial charge in [0.15, 0.2) is 0 Å². The molecule has 1 heterocycles. The lowest BCUT2D eigenvalue weighted by atomic mass is 10.1. The fraction of sp³-hybridized carbons (Fsp3) is 0.500. The van der Waals surface area contributed by atoms with E-state index in [-0.39, 0.29) is 17.1 Å². The van der Waals surface area contributed by atoms with Crippen molar-refractivity contribution < 1.29 is 13.9 Å². The Hall–Kier alpha value is -1.58. The molecule has 18 heavy (non-hydrogen) atoms. The van der Waals surface area contributed by atoms with Gasteiger partial charge in [-0.2, -0.15) is 0 Å². The van der Waals surface area contributed by atoms with E-state index >= 15 is 0 Å². The van der Waals surface area contributed by atoms with Crippen molar-refractivity contribution in [3.8, 4) is 5.75 Å². The summed E-state index contributed by atoms with van der Waals surface area (Å²) in [6, 6.07) is 4.83. The Morgan fingerprint density at radius 1 is 1.44 bits per heavy atom. The molecule has 0 atom stereocenters. The van der Waals surface area contributed by atoms with Crippen LogP contribution in [-0.2, 0) is 11.3 Å². The van der Waals surface area contributed by atoms with Crippen LogP contribution in [0.15, 0.2) is 18.2 Å². The Balaban J connectivity index is 1.64. The number of halogens is 1. The summed E-state index contributed by atoms with van der Waals surface area (Å²) in [6.45, 7) is 1.35. The zero-order valence-electron chi connectivity index (χ0n) is 9.99. The zero-order valence-corrected chi connectivity index (χ0v) is 9.99. The van der Waals surface area contributed by atoms with Gasteiger partial charge >= 0.3 is 0 Å². The number of rotatable bonds is 1. The van der Waals surface area contributed by atoms with Crippen LogP contribution in [0.4, 0.5) is 4.39 Å². The normalized spacial score (nSPS) is 31.8. The van der Waals surface area contributed by atoms with E-state index in [9.17, 15) is 9.18 Å². The number of hydrogen-bond acceptors (Lipinski definition) is 2. The summed E-state index contributed by atoms with van der Waals surface area (Å²) in [5.41, 5.74) is 0.466. The average molecular weight is 247 g/mol. The number of ether oxygens (including phenoxy) is 1. The Bertz CT molecular complexity index is 537. The third-order valence-electron chi connectivity index (χ3n) is 4.44. The van der Waals surface area contributed by atoms with Gasteiger partial charge in [-0.05, 0) is 30.9 Å². The van der Waals surface area contributed by atoms with E-state index in [0.29, 0.717) is 36.9 Å². The molecule has 0 bridgehead atoms. The lowest BCUT2D eigenvalue weighted by Crippen LogP contribution is -2.35. The van der Waals surface area contributed by atoms with E-state index in [2.05, 4.69) is 0 Å². The first-order chi connectivity index (χ1) is 8.71. The molecule has 4 heteroatoms. The van der Waals surface area contributed by atoms with Gasteiger partial charge in [0.25, 0.3) is 0 Å². The second kappa shape index (κ2) is 3.25. The number of fused-ring (bicyclic) bond motifs is 2. The van der Waals surface area contributed by atoms with Gasteiger partial charge in [0.1, 0.15) is 18.2 Å². The number of nitrogens with zero attached hydrogens (tertiary/aromatic N) is 1. The molecule has 1 amide bonds. The first kappa shape index (κ1) is 10.4. The lowest BCUT2D eigenvalue weighted by Gasteiger charge is -2.21. The van der Waals surface area contributed by atoms with Crippen molar-refractivity contribution >= 4 is 5.91 Å². The van der Waals surface area contributed by atoms with Crippen molar-refractivity contribution in [3.63, 3.8) is 0 Å². The van der Waals surface area contributed by atoms with Crippen LogP contribution in [0.5, 0.6) is 5.75 Å². The Morgan fingerprint density at radius 2 is 2.22 bits per heavy atom. The molecular weight excluding hydrogens is 233 g/mol. The van der Waals surface area contributed by atoms with E-state index in [0.717, 1.165) is 12.8 Å². The molecule has 2 aliphatic carbocycles. The molecule has 94 valence electrons. The van der Waals surface area contributed by atoms with Crippen molar-refractivity contribution in [2.24, 2.45) is 11.3 Å². The van der Waals surface area contributed by atoms with Crippen molar-refractivity contribution in [2.45, 2.75) is 19.4 Å². The highest BCUT2D eigenvalue weighted by molar-refractivity contribution is 5.90. The van der Waals surface area contributed by atoms with Crippen LogP contribution in [-0.4, -0.2) is 24.0 Å². The highest BCUT2D eigenvalue weighted by Crippen LogP contribution is 2.76. The third-order valence-corrected chi connectivity index (χ3v) is 4.44. The van der Waals surface area contributed by atoms with Gasteiger partial charge in [-0.15, -0.1) is 0 Å². The minimum Gasteiger partial charge on any atom is -0.491 e. The molecule has 2 saturated carbocycles. The molecule has 0 unspecified atom stereocenters. The van der Waals surface area contributed by atoms with Crippen molar-refractivity contribution in [2.75, 3.05) is 13.2 Å². The summed E-state index contributed by atoms with van der Waals surface area (Å²) in [4.78, 5) is 14.1. The molecule has 2 fully saturated rings. The van der Waals surface area contributed by atoms with Crippen LogP contribution in [0.3, 0.4) is 0 Å². The van der Waals surface area contributed by atoms with Crippen LogP contribution in [0.2, 0.25) is 0 Å². The fourth-order valence-electron chi connectivity index (χ4n) is 2.90. The summed E-state index contributed by atoms with van der Waals surface area (Å²) in [6.07, 6.45) is 2.07. The lowest BCUT2D eigenvalue weighted by molar-refractivity contribution is -0.135. The molecule has 3 nitrogen and oxygen atoms in total. The molecule has 0 aromatic heterocycles. The predicted octanol–water partition coefficient (Wildman–Crippen LogP) is 1.96. The molecule has 1 aromatic carbocycles. The quantitative estimate of drug-likeness (QED) is 0.759. The van der Waals surface area contributed by atoms with Gasteiger partial charge in [0.2, 0.25) is 5.91 Å². The summed E-state index contributed by atoms with van der Waals surface area (Å²) < 4.78 is 19.3. The van der Waals surface area contributed by atoms with Gasteiger partial charge in [0, 0.05) is 5.56 Å². The molecule has 1 aromatic rings. The zero-order chi connectivity index (χ0) is 12.3. The van der Waals surface area contributed by atoms with Crippen molar-refractivity contribution in [3.05, 3.63) is 29.6 Å². The first-order valence-electron chi connectivity index (χ1n) is 6.40. The molecule has 0 saturated heterocycles. The first-order valence-corrected chi connectivity index (χ1v) is 6.40. The predicted molar refractivity (Wildman–Crippen MR) is 62.5 cm³/mol. The van der Waals surface area contributed by atoms with Crippen LogP contribution in [0.25, 0.3) is 0 Å². The van der Waals surface area contributed by atoms with Crippen LogP contribution < -0.4 is 4.74 Å². The van der Waals surface area contributed by atoms with Gasteiger partial charge in [-0.25, -0.2) is 4.39 Å². The van der Waals surface area contributed by atoms with Crippen LogP contribution in [0.1, 0.15) is 18.4 Å². The summed E-state index contributed by atoms with van der Waals surface area (Å²) in [5, 5.41) is 0. The summed E-state index contributed by atoms with van der Waals surface area (Å²) >= 11 is 0. The third kappa shape index (κ3) is 1.32. The molecule has 0 spiro atoms. The molecular formula is C14H14FNO2. The van der Waals surface area contributed by atoms with E-state index in [1.165, 1.54) is 6.07 Å². The SMILES string of the molecule is O=C(N1CCOc2cccc(F)c2C1)C12CC1C2. The standard InChI is InChI=1S/C14H14FNO2/c15-11-2-1-3-12-10(11)8-16(4-5-18-12)13(17)14-6-9(14)7-14/h1-3,9H,4-8H2. The summed E-state index contributed by atoms with van der Waals surface area (Å²) in [7, 11) is 0. The average Bonchev–Trinajstić information content (AvgIpc) is 3.19. The molecule has 0 radical (unpaired) electrons. The van der Waals surface area contributed by atoms with Gasteiger partial charge in [-0.3, -0.25) is 4.79 Å². The number of carbonyl (C=O) groups excluding carboxylic acids is 1. The number of amides is 1. The Morgan fingerprint density at radius 3 is 2.94 bits per heavy atom. The Kier molecular flexibility index (Phi) is 1.87. The maximum Gasteiger partial charge on any atom is 0.229 e. The minimum atomic E-state index is -0.284. The second-order valence-corrected chi connectivity index (χ2v) is 5.55. The smallest absolute Gasteiger partial charge is 0.229 e. The maximum absolute atomic E-state index is 13.8. The second-order valence-electron chi connectivity index (χ2n) is 5.55. The highest BCUT2D eigenvalue weighted by atomic mass is 19.1.